The van der Waals surface area contributed by atoms with Crippen molar-refractivity contribution < 1.29 is 0 Å². The van der Waals surface area contributed by atoms with Crippen LogP contribution < -0.4 is 4.90 Å². The molecular formula is C66H53N. The molecule has 0 amide bonds. The monoisotopic (exact) mass is 859 g/mol. The molecular weight excluding hydrogens is 807 g/mol. The van der Waals surface area contributed by atoms with Gasteiger partial charge in [0.05, 0.1) is 0 Å². The zero-order chi connectivity index (χ0) is 45.9. The van der Waals surface area contributed by atoms with E-state index in [1.165, 1.54) is 77.9 Å². The average molecular weight is 860 g/mol. The average Bonchev–Trinajstić information content (AvgIpc) is 3.75. The molecule has 0 saturated heterocycles. The summed E-state index contributed by atoms with van der Waals surface area (Å²) < 4.78 is 0. The van der Waals surface area contributed by atoms with Crippen molar-refractivity contribution >= 4 is 22.6 Å². The molecule has 0 atom stereocenters. The van der Waals surface area contributed by atoms with Crippen molar-refractivity contribution in [3.63, 3.8) is 0 Å². The lowest BCUT2D eigenvalue weighted by molar-refractivity contribution is 0.660. The van der Waals surface area contributed by atoms with E-state index in [1.807, 2.05) is 12.2 Å². The van der Waals surface area contributed by atoms with Crippen molar-refractivity contribution in [1.29, 1.82) is 0 Å². The molecule has 0 heterocycles. The fourth-order valence-corrected chi connectivity index (χ4v) is 11.0. The first-order valence-electron chi connectivity index (χ1n) is 23.4. The van der Waals surface area contributed by atoms with E-state index >= 15 is 0 Å². The first kappa shape index (κ1) is 41.7. The predicted molar refractivity (Wildman–Crippen MR) is 286 cm³/mol. The molecule has 322 valence electrons. The lowest BCUT2D eigenvalue weighted by Crippen LogP contribution is -2.15. The molecule has 0 saturated carbocycles. The Balaban J connectivity index is 1.13. The number of nitrogens with zero attached hydrogens (tertiary/aromatic N) is 1. The zero-order valence-corrected chi connectivity index (χ0v) is 38.7. The second-order valence-electron chi connectivity index (χ2n) is 19.0. The van der Waals surface area contributed by atoms with Crippen LogP contribution in [0.2, 0.25) is 0 Å². The van der Waals surface area contributed by atoms with Gasteiger partial charge >= 0.3 is 0 Å². The third kappa shape index (κ3) is 7.02. The minimum Gasteiger partial charge on any atom is -0.310 e. The molecule has 0 N–H and O–H groups in total. The third-order valence-electron chi connectivity index (χ3n) is 14.5. The van der Waals surface area contributed by atoms with E-state index in [1.54, 1.807) is 0 Å². The van der Waals surface area contributed by atoms with E-state index in [9.17, 15) is 0 Å². The largest absolute Gasteiger partial charge is 0.310 e. The lowest BCUT2D eigenvalue weighted by Gasteiger charge is -2.28. The van der Waals surface area contributed by atoms with Crippen molar-refractivity contribution in [3.8, 4) is 66.8 Å². The Bertz CT molecular complexity index is 3420. The molecule has 0 unspecified atom stereocenters. The maximum atomic E-state index is 4.27. The highest BCUT2D eigenvalue weighted by Crippen LogP contribution is 2.52. The van der Waals surface area contributed by atoms with Crippen LogP contribution >= 0.6 is 0 Å². The minimum atomic E-state index is -0.142. The molecule has 9 aromatic carbocycles. The normalized spacial score (nSPS) is 13.8. The van der Waals surface area contributed by atoms with Crippen molar-refractivity contribution in [2.75, 3.05) is 4.90 Å². The first-order valence-corrected chi connectivity index (χ1v) is 23.4. The quantitative estimate of drug-likeness (QED) is 0.124. The van der Waals surface area contributed by atoms with E-state index in [2.05, 4.69) is 258 Å². The second kappa shape index (κ2) is 16.5. The molecule has 0 bridgehead atoms. The molecule has 9 aromatic rings. The molecule has 1 nitrogen and oxygen atoms in total. The minimum absolute atomic E-state index is 0.128. The fraction of sp³-hybridized carbons (Fsp3) is 0.0909. The van der Waals surface area contributed by atoms with Gasteiger partial charge in [0.25, 0.3) is 0 Å². The number of fused-ring (bicyclic) bond motifs is 6. The van der Waals surface area contributed by atoms with E-state index in [0.717, 1.165) is 39.3 Å². The summed E-state index contributed by atoms with van der Waals surface area (Å²) in [4.78, 5) is 2.42. The van der Waals surface area contributed by atoms with Gasteiger partial charge in [0.15, 0.2) is 0 Å². The summed E-state index contributed by atoms with van der Waals surface area (Å²) in [5.41, 5.74) is 25.2. The summed E-state index contributed by atoms with van der Waals surface area (Å²) in [5.74, 6) is 0. The Kier molecular flexibility index (Phi) is 10.2. The highest BCUT2D eigenvalue weighted by Gasteiger charge is 2.37. The van der Waals surface area contributed by atoms with Crippen LogP contribution in [0.4, 0.5) is 17.1 Å². The maximum absolute atomic E-state index is 4.27. The molecule has 0 radical (unpaired) electrons. The molecule has 0 aromatic heterocycles. The maximum Gasteiger partial charge on any atom is 0.0468 e. The standard InChI is InChI=1S/C66H53N/c1-7-19-44(8-2)53-38-34-51(42-59(53)48-30-36-57-55-24-15-17-26-61(55)65(3,4)63(57)40-48)67(50-32-28-46(29-33-50)45-20-11-9-12-21-45)52-35-39-54(47-22-13-10-14-23-47)60(43-52)49-31-37-58-56-25-16-18-27-62(56)66(5,6)64(58)41-49/h7-43H,1-2H2,3-6H3/b44-19+. The van der Waals surface area contributed by atoms with Crippen LogP contribution in [0.15, 0.2) is 238 Å². The fourth-order valence-electron chi connectivity index (χ4n) is 11.0. The van der Waals surface area contributed by atoms with Gasteiger partial charge < -0.3 is 4.90 Å². The highest BCUT2D eigenvalue weighted by molar-refractivity contribution is 5.95. The van der Waals surface area contributed by atoms with Crippen LogP contribution in [-0.4, -0.2) is 0 Å². The SMILES string of the molecule is C=C/C=C(\C=C)c1ccc(N(c2ccc(-c3ccccc3)cc2)c2ccc(-c3ccccc3)c(-c3ccc4c(c3)C(C)(C)c3ccccc3-4)c2)cc1-c1ccc2c(c1)C(C)(C)c1ccccc1-2. The van der Waals surface area contributed by atoms with E-state index < -0.39 is 0 Å². The Morgan fingerprint density at radius 1 is 0.358 bits per heavy atom. The van der Waals surface area contributed by atoms with E-state index in [0.29, 0.717) is 0 Å². The van der Waals surface area contributed by atoms with Crippen LogP contribution in [0.5, 0.6) is 0 Å². The Morgan fingerprint density at radius 3 is 1.36 bits per heavy atom. The number of hydrogen-bond donors (Lipinski definition) is 0. The summed E-state index contributed by atoms with van der Waals surface area (Å²) in [5, 5.41) is 0. The molecule has 0 fully saturated rings. The number of benzene rings is 9. The number of anilines is 3. The molecule has 0 spiro atoms. The van der Waals surface area contributed by atoms with E-state index in [-0.39, 0.29) is 10.8 Å². The molecule has 1 heteroatoms. The van der Waals surface area contributed by atoms with Gasteiger partial charge in [0.2, 0.25) is 0 Å². The summed E-state index contributed by atoms with van der Waals surface area (Å²) >= 11 is 0. The first-order chi connectivity index (χ1) is 32.6. The molecule has 11 rings (SSSR count). The molecule has 67 heavy (non-hydrogen) atoms. The van der Waals surface area contributed by atoms with E-state index in [4.69, 9.17) is 0 Å². The highest BCUT2D eigenvalue weighted by atomic mass is 15.1. The van der Waals surface area contributed by atoms with Gasteiger partial charge in [-0.3, -0.25) is 0 Å². The van der Waals surface area contributed by atoms with Gasteiger partial charge in [-0.1, -0.05) is 217 Å². The summed E-state index contributed by atoms with van der Waals surface area (Å²) in [6.45, 7) is 17.8. The van der Waals surface area contributed by atoms with Gasteiger partial charge in [-0.05, 0) is 149 Å². The van der Waals surface area contributed by atoms with Crippen molar-refractivity contribution in [2.45, 2.75) is 38.5 Å². The van der Waals surface area contributed by atoms with Crippen molar-refractivity contribution in [2.24, 2.45) is 0 Å². The van der Waals surface area contributed by atoms with Crippen LogP contribution in [0, 0.1) is 0 Å². The summed E-state index contributed by atoms with van der Waals surface area (Å²) in [6, 6.07) is 76.3. The lowest BCUT2D eigenvalue weighted by atomic mass is 9.81. The smallest absolute Gasteiger partial charge is 0.0468 e. The van der Waals surface area contributed by atoms with Gasteiger partial charge in [-0.15, -0.1) is 0 Å². The van der Waals surface area contributed by atoms with Gasteiger partial charge in [0.1, 0.15) is 0 Å². The number of allylic oxidation sites excluding steroid dienone is 4. The summed E-state index contributed by atoms with van der Waals surface area (Å²) in [6.07, 6.45) is 5.86. The number of rotatable bonds is 10. The van der Waals surface area contributed by atoms with Crippen molar-refractivity contribution in [3.05, 3.63) is 265 Å². The molecule has 2 aliphatic rings. The van der Waals surface area contributed by atoms with Gasteiger partial charge in [-0.25, -0.2) is 0 Å². The Labute approximate surface area is 396 Å². The second-order valence-corrected chi connectivity index (χ2v) is 19.0. The third-order valence-corrected chi connectivity index (χ3v) is 14.5. The Hall–Kier alpha value is -8.00. The zero-order valence-electron chi connectivity index (χ0n) is 38.7. The predicted octanol–water partition coefficient (Wildman–Crippen LogP) is 18.2. The van der Waals surface area contributed by atoms with Crippen LogP contribution in [-0.2, 0) is 10.8 Å². The molecule has 0 aliphatic heterocycles. The molecule has 2 aliphatic carbocycles. The summed E-state index contributed by atoms with van der Waals surface area (Å²) in [7, 11) is 0. The van der Waals surface area contributed by atoms with Crippen LogP contribution in [0.3, 0.4) is 0 Å². The van der Waals surface area contributed by atoms with Gasteiger partial charge in [-0.2, -0.15) is 0 Å². The van der Waals surface area contributed by atoms with Crippen LogP contribution in [0.25, 0.3) is 72.3 Å². The van der Waals surface area contributed by atoms with Crippen molar-refractivity contribution in [1.82, 2.24) is 0 Å². The van der Waals surface area contributed by atoms with Crippen LogP contribution in [0.1, 0.15) is 55.5 Å². The number of hydrogen-bond acceptors (Lipinski definition) is 1. The van der Waals surface area contributed by atoms with Gasteiger partial charge in [0, 0.05) is 27.9 Å². The topological polar surface area (TPSA) is 3.24 Å². The Morgan fingerprint density at radius 2 is 0.791 bits per heavy atom.